The van der Waals surface area contributed by atoms with Crippen molar-refractivity contribution in [1.82, 2.24) is 10.2 Å². The molecule has 1 heterocycles. The van der Waals surface area contributed by atoms with E-state index in [9.17, 15) is 14.4 Å². The van der Waals surface area contributed by atoms with E-state index in [1.165, 1.54) is 0 Å². The summed E-state index contributed by atoms with van der Waals surface area (Å²) in [5.41, 5.74) is 1.27. The molecule has 8 heteroatoms. The van der Waals surface area contributed by atoms with Gasteiger partial charge in [0.25, 0.3) is 17.1 Å². The number of nitrogens with one attached hydrogen (secondary N) is 1. The molecule has 1 aliphatic heterocycles. The minimum Gasteiger partial charge on any atom is -0.497 e. The minimum absolute atomic E-state index is 0.104. The lowest BCUT2D eigenvalue weighted by molar-refractivity contribution is -0.122. The number of ether oxygens (including phenoxy) is 2. The zero-order valence-electron chi connectivity index (χ0n) is 16.0. The van der Waals surface area contributed by atoms with Gasteiger partial charge in [0.1, 0.15) is 11.5 Å². The summed E-state index contributed by atoms with van der Waals surface area (Å²) in [4.78, 5) is 38.4. The van der Waals surface area contributed by atoms with Gasteiger partial charge in [-0.1, -0.05) is 12.1 Å². The molecule has 0 aromatic heterocycles. The highest BCUT2D eigenvalue weighted by Crippen LogP contribution is 2.32. The molecule has 0 spiro atoms. The van der Waals surface area contributed by atoms with Crippen LogP contribution in [0.5, 0.6) is 11.5 Å². The summed E-state index contributed by atoms with van der Waals surface area (Å²) in [6.07, 6.45) is 1.67. The van der Waals surface area contributed by atoms with Gasteiger partial charge in [-0.25, -0.2) is 0 Å². The van der Waals surface area contributed by atoms with Crippen molar-refractivity contribution in [3.8, 4) is 11.5 Å². The molecule has 1 aliphatic rings. The van der Waals surface area contributed by atoms with E-state index in [2.05, 4.69) is 5.32 Å². The second kappa shape index (κ2) is 9.29. The summed E-state index contributed by atoms with van der Waals surface area (Å²) in [6.45, 7) is 0.269. The van der Waals surface area contributed by atoms with Gasteiger partial charge in [-0.05, 0) is 59.8 Å². The first kappa shape index (κ1) is 20.5. The molecule has 0 radical (unpaired) electrons. The third kappa shape index (κ3) is 4.97. The standard InChI is InChI=1S/C21H20N2O5S/c1-27-16-7-3-14(4-8-16)13-18-20(25)23(21(26)29-18)12-11-22-19(24)15-5-9-17(28-2)10-6-15/h3-10,13H,11-12H2,1-2H3,(H,22,24). The fraction of sp³-hybridized carbons (Fsp3) is 0.190. The Morgan fingerprint density at radius 2 is 1.59 bits per heavy atom. The maximum Gasteiger partial charge on any atom is 0.293 e. The van der Waals surface area contributed by atoms with Crippen molar-refractivity contribution in [3.63, 3.8) is 0 Å². The first-order valence-corrected chi connectivity index (χ1v) is 9.65. The summed E-state index contributed by atoms with van der Waals surface area (Å²) < 4.78 is 10.2. The van der Waals surface area contributed by atoms with Crippen LogP contribution in [0.25, 0.3) is 6.08 Å². The third-order valence-corrected chi connectivity index (χ3v) is 5.17. The molecule has 150 valence electrons. The second-order valence-electron chi connectivity index (χ2n) is 6.09. The number of carbonyl (C=O) groups excluding carboxylic acids is 3. The lowest BCUT2D eigenvalue weighted by atomic mass is 10.2. The van der Waals surface area contributed by atoms with Gasteiger partial charge in [0.05, 0.1) is 19.1 Å². The van der Waals surface area contributed by atoms with E-state index in [4.69, 9.17) is 9.47 Å². The number of carbonyl (C=O) groups is 3. The lowest BCUT2D eigenvalue weighted by Crippen LogP contribution is -2.37. The van der Waals surface area contributed by atoms with Crippen LogP contribution in [0.3, 0.4) is 0 Å². The van der Waals surface area contributed by atoms with Crippen LogP contribution in [0.15, 0.2) is 53.4 Å². The molecule has 2 aromatic carbocycles. The van der Waals surface area contributed by atoms with E-state index in [0.29, 0.717) is 22.0 Å². The first-order valence-electron chi connectivity index (χ1n) is 8.83. The molecule has 0 unspecified atom stereocenters. The van der Waals surface area contributed by atoms with Crippen LogP contribution >= 0.6 is 11.8 Å². The summed E-state index contributed by atoms with van der Waals surface area (Å²) in [6, 6.07) is 13.8. The fourth-order valence-electron chi connectivity index (χ4n) is 2.67. The van der Waals surface area contributed by atoms with Crippen molar-refractivity contribution < 1.29 is 23.9 Å². The summed E-state index contributed by atoms with van der Waals surface area (Å²) in [5.74, 6) is 0.716. The largest absolute Gasteiger partial charge is 0.497 e. The average molecular weight is 412 g/mol. The summed E-state index contributed by atoms with van der Waals surface area (Å²) in [7, 11) is 3.13. The molecular formula is C21H20N2O5S. The van der Waals surface area contributed by atoms with Gasteiger partial charge in [0.2, 0.25) is 0 Å². The van der Waals surface area contributed by atoms with Crippen molar-refractivity contribution in [1.29, 1.82) is 0 Å². The quantitative estimate of drug-likeness (QED) is 0.703. The Morgan fingerprint density at radius 1 is 1.00 bits per heavy atom. The van der Waals surface area contributed by atoms with Gasteiger partial charge < -0.3 is 14.8 Å². The van der Waals surface area contributed by atoms with Crippen LogP contribution in [-0.2, 0) is 4.79 Å². The predicted molar refractivity (Wildman–Crippen MR) is 111 cm³/mol. The van der Waals surface area contributed by atoms with Crippen LogP contribution in [-0.4, -0.2) is 49.3 Å². The van der Waals surface area contributed by atoms with E-state index in [1.54, 1.807) is 56.7 Å². The first-order chi connectivity index (χ1) is 14.0. The molecule has 2 aromatic rings. The molecule has 1 saturated heterocycles. The van der Waals surface area contributed by atoms with Crippen LogP contribution in [0.4, 0.5) is 4.79 Å². The Bertz CT molecular complexity index is 939. The fourth-order valence-corrected chi connectivity index (χ4v) is 3.54. The number of rotatable bonds is 7. The summed E-state index contributed by atoms with van der Waals surface area (Å²) in [5, 5.41) is 2.36. The number of methoxy groups -OCH3 is 2. The van der Waals surface area contributed by atoms with E-state index in [-0.39, 0.29) is 30.1 Å². The SMILES string of the molecule is COc1ccc(C=C2SC(=O)N(CCNC(=O)c3ccc(OC)cc3)C2=O)cc1. The van der Waals surface area contributed by atoms with Gasteiger partial charge in [-0.2, -0.15) is 0 Å². The lowest BCUT2D eigenvalue weighted by Gasteiger charge is -2.13. The zero-order valence-corrected chi connectivity index (χ0v) is 16.8. The number of thioether (sulfide) groups is 1. The molecule has 0 saturated carbocycles. The van der Waals surface area contributed by atoms with E-state index >= 15 is 0 Å². The van der Waals surface area contributed by atoms with Crippen LogP contribution in [0.1, 0.15) is 15.9 Å². The van der Waals surface area contributed by atoms with Crippen molar-refractivity contribution in [2.75, 3.05) is 27.3 Å². The Kier molecular flexibility index (Phi) is 6.56. The Balaban J connectivity index is 1.56. The van der Waals surface area contributed by atoms with Gasteiger partial charge >= 0.3 is 0 Å². The maximum atomic E-state index is 12.5. The number of hydrogen-bond donors (Lipinski definition) is 1. The number of amides is 3. The van der Waals surface area contributed by atoms with E-state index < -0.39 is 0 Å². The Morgan fingerprint density at radius 3 is 2.17 bits per heavy atom. The van der Waals surface area contributed by atoms with Crippen LogP contribution < -0.4 is 14.8 Å². The summed E-state index contributed by atoms with van der Waals surface area (Å²) >= 11 is 0.887. The number of nitrogens with zero attached hydrogens (tertiary/aromatic N) is 1. The molecule has 29 heavy (non-hydrogen) atoms. The molecule has 1 N–H and O–H groups in total. The molecular weight excluding hydrogens is 392 g/mol. The molecule has 7 nitrogen and oxygen atoms in total. The highest BCUT2D eigenvalue weighted by Gasteiger charge is 2.34. The van der Waals surface area contributed by atoms with Crippen molar-refractivity contribution >= 4 is 34.9 Å². The minimum atomic E-state index is -0.366. The molecule has 3 rings (SSSR count). The number of hydrogen-bond acceptors (Lipinski definition) is 6. The smallest absolute Gasteiger partial charge is 0.293 e. The van der Waals surface area contributed by atoms with E-state index in [1.807, 2.05) is 12.1 Å². The predicted octanol–water partition coefficient (Wildman–Crippen LogP) is 3.17. The number of benzene rings is 2. The molecule has 1 fully saturated rings. The maximum absolute atomic E-state index is 12.5. The monoisotopic (exact) mass is 412 g/mol. The highest BCUT2D eigenvalue weighted by atomic mass is 32.2. The normalized spacial score (nSPS) is 15.0. The molecule has 0 bridgehead atoms. The zero-order chi connectivity index (χ0) is 20.8. The topological polar surface area (TPSA) is 84.9 Å². The van der Waals surface area contributed by atoms with Gasteiger partial charge in [-0.3, -0.25) is 19.3 Å². The second-order valence-corrected chi connectivity index (χ2v) is 7.08. The highest BCUT2D eigenvalue weighted by molar-refractivity contribution is 8.18. The van der Waals surface area contributed by atoms with Gasteiger partial charge in [0, 0.05) is 18.7 Å². The Hall–Kier alpha value is -3.26. The number of imide groups is 1. The molecule has 0 aliphatic carbocycles. The van der Waals surface area contributed by atoms with Crippen LogP contribution in [0, 0.1) is 0 Å². The molecule has 0 atom stereocenters. The third-order valence-electron chi connectivity index (χ3n) is 4.26. The van der Waals surface area contributed by atoms with Crippen molar-refractivity contribution in [2.45, 2.75) is 0 Å². The van der Waals surface area contributed by atoms with Gasteiger partial charge in [-0.15, -0.1) is 0 Å². The molecule has 3 amide bonds. The van der Waals surface area contributed by atoms with Gasteiger partial charge in [0.15, 0.2) is 0 Å². The van der Waals surface area contributed by atoms with Crippen molar-refractivity contribution in [2.24, 2.45) is 0 Å². The van der Waals surface area contributed by atoms with Crippen molar-refractivity contribution in [3.05, 3.63) is 64.6 Å². The Labute approximate surface area is 172 Å². The van der Waals surface area contributed by atoms with E-state index in [0.717, 1.165) is 22.2 Å². The average Bonchev–Trinajstić information content (AvgIpc) is 3.01. The van der Waals surface area contributed by atoms with Crippen LogP contribution in [0.2, 0.25) is 0 Å².